The van der Waals surface area contributed by atoms with E-state index in [0.29, 0.717) is 28.0 Å². The van der Waals surface area contributed by atoms with E-state index in [9.17, 15) is 9.90 Å². The summed E-state index contributed by atoms with van der Waals surface area (Å²) in [6.07, 6.45) is 0. The number of rotatable bonds is 7. The number of carboxylic acid groups (broad SMARTS) is 1. The van der Waals surface area contributed by atoms with Gasteiger partial charge in [0.1, 0.15) is 0 Å². The summed E-state index contributed by atoms with van der Waals surface area (Å²) in [6.45, 7) is 0. The number of nitrogens with one attached hydrogen (secondary N) is 1. The molecule has 2 N–H and O–H groups in total. The summed E-state index contributed by atoms with van der Waals surface area (Å²) in [5.74, 6) is -4.76. The van der Waals surface area contributed by atoms with Crippen LogP contribution in [0, 0.1) is 11.8 Å². The van der Waals surface area contributed by atoms with Gasteiger partial charge in [-0.1, -0.05) is 158 Å². The van der Waals surface area contributed by atoms with Crippen molar-refractivity contribution in [3.8, 4) is 0 Å². The highest BCUT2D eigenvalue weighted by Gasteiger charge is 2.80. The number of amides is 1. The van der Waals surface area contributed by atoms with E-state index >= 15 is 9.59 Å². The van der Waals surface area contributed by atoms with Crippen molar-refractivity contribution >= 4 is 45.3 Å². The lowest BCUT2D eigenvalue weighted by Crippen LogP contribution is -2.49. The van der Waals surface area contributed by atoms with Crippen LogP contribution in [0.2, 0.25) is 0 Å². The van der Waals surface area contributed by atoms with Crippen LogP contribution in [0.1, 0.15) is 22.3 Å². The molecule has 6 aromatic rings. The van der Waals surface area contributed by atoms with Gasteiger partial charge in [-0.15, -0.1) is 0 Å². The molecule has 2 aliphatic carbocycles. The standard InChI is InChI=1S/C43H31NO4/c45-39(44-34-27-15-21-28-16-13-14-26-33(28)34)37-38(40(46)47)43(32-24-11-4-12-25-32)36(30-19-7-2-8-20-30)35(29-17-5-1-6-18-29)42(37,41(43)48)31-22-9-3-10-23-31/h1-27,37-38H,(H,44,45)(H,46,47). The maximum absolute atomic E-state index is 16.0. The Morgan fingerprint density at radius 3 is 1.48 bits per heavy atom. The molecular formula is C43H31NO4. The van der Waals surface area contributed by atoms with Crippen molar-refractivity contribution in [1.29, 1.82) is 0 Å². The Bertz CT molecular complexity index is 2230. The van der Waals surface area contributed by atoms with Gasteiger partial charge in [-0.25, -0.2) is 0 Å². The highest BCUT2D eigenvalue weighted by atomic mass is 16.4. The number of fused-ring (bicyclic) bond motifs is 3. The van der Waals surface area contributed by atoms with Gasteiger partial charge in [-0.2, -0.15) is 0 Å². The predicted molar refractivity (Wildman–Crippen MR) is 188 cm³/mol. The first-order valence-corrected chi connectivity index (χ1v) is 16.0. The van der Waals surface area contributed by atoms with Crippen molar-refractivity contribution in [2.45, 2.75) is 10.8 Å². The third-order valence-corrected chi connectivity index (χ3v) is 10.2. The molecule has 1 saturated carbocycles. The molecule has 1 amide bonds. The Kier molecular flexibility index (Phi) is 6.92. The second kappa shape index (κ2) is 11.3. The van der Waals surface area contributed by atoms with Gasteiger partial charge in [0.25, 0.3) is 0 Å². The number of anilines is 1. The van der Waals surface area contributed by atoms with Crippen molar-refractivity contribution in [2.75, 3.05) is 5.32 Å². The van der Waals surface area contributed by atoms with Gasteiger partial charge >= 0.3 is 5.97 Å². The normalized spacial score (nSPS) is 23.0. The third-order valence-electron chi connectivity index (χ3n) is 10.2. The lowest BCUT2D eigenvalue weighted by molar-refractivity contribution is -0.147. The topological polar surface area (TPSA) is 83.5 Å². The summed E-state index contributed by atoms with van der Waals surface area (Å²) in [7, 11) is 0. The summed E-state index contributed by atoms with van der Waals surface area (Å²) in [6, 6.07) is 51.0. The maximum atomic E-state index is 16.0. The van der Waals surface area contributed by atoms with Gasteiger partial charge in [0.05, 0.1) is 22.7 Å². The molecule has 0 saturated heterocycles. The number of ketones is 1. The zero-order chi connectivity index (χ0) is 32.9. The fraction of sp³-hybridized carbons (Fsp3) is 0.0930. The number of aliphatic carboxylic acids is 1. The number of hydrogen-bond acceptors (Lipinski definition) is 3. The molecule has 6 aromatic carbocycles. The lowest BCUT2D eigenvalue weighted by atomic mass is 9.58. The third kappa shape index (κ3) is 4.00. The average molecular weight is 626 g/mol. The van der Waals surface area contributed by atoms with Crippen LogP contribution in [0.25, 0.3) is 21.9 Å². The van der Waals surface area contributed by atoms with Gasteiger partial charge < -0.3 is 10.4 Å². The Balaban J connectivity index is 1.52. The maximum Gasteiger partial charge on any atom is 0.309 e. The first-order chi connectivity index (χ1) is 23.5. The molecule has 5 heteroatoms. The van der Waals surface area contributed by atoms with E-state index in [0.717, 1.165) is 21.9 Å². The monoisotopic (exact) mass is 625 g/mol. The average Bonchev–Trinajstić information content (AvgIpc) is 3.53. The minimum absolute atomic E-state index is 0.310. The number of allylic oxidation sites excluding steroid dienone is 2. The largest absolute Gasteiger partial charge is 0.481 e. The summed E-state index contributed by atoms with van der Waals surface area (Å²) in [4.78, 5) is 45.1. The summed E-state index contributed by atoms with van der Waals surface area (Å²) in [5, 5.41) is 16.3. The van der Waals surface area contributed by atoms with Crippen LogP contribution in [-0.4, -0.2) is 22.8 Å². The lowest BCUT2D eigenvalue weighted by Gasteiger charge is -2.42. The molecule has 232 valence electrons. The van der Waals surface area contributed by atoms with Crippen molar-refractivity contribution < 1.29 is 19.5 Å². The molecule has 4 unspecified atom stereocenters. The van der Waals surface area contributed by atoms with E-state index in [4.69, 9.17) is 0 Å². The quantitative estimate of drug-likeness (QED) is 0.187. The molecule has 48 heavy (non-hydrogen) atoms. The van der Waals surface area contributed by atoms with Crippen LogP contribution >= 0.6 is 0 Å². The predicted octanol–water partition coefficient (Wildman–Crippen LogP) is 8.18. The van der Waals surface area contributed by atoms with Crippen molar-refractivity contribution in [1.82, 2.24) is 0 Å². The molecule has 0 aromatic heterocycles. The number of Topliss-reactive ketones (excluding diaryl/α,β-unsaturated/α-hetero) is 1. The number of carbonyl (C=O) groups excluding carboxylic acids is 2. The molecule has 2 bridgehead atoms. The summed E-state index contributed by atoms with van der Waals surface area (Å²) < 4.78 is 0. The Labute approximate surface area is 278 Å². The van der Waals surface area contributed by atoms with Crippen LogP contribution < -0.4 is 5.32 Å². The van der Waals surface area contributed by atoms with Gasteiger partial charge in [-0.05, 0) is 44.9 Å². The molecule has 0 spiro atoms. The van der Waals surface area contributed by atoms with Gasteiger partial charge in [-0.3, -0.25) is 14.4 Å². The Hall–Kier alpha value is -6.07. The Morgan fingerprint density at radius 1 is 0.521 bits per heavy atom. The number of carboxylic acids is 1. The fourth-order valence-corrected chi connectivity index (χ4v) is 8.51. The van der Waals surface area contributed by atoms with Gasteiger partial charge in [0, 0.05) is 11.1 Å². The van der Waals surface area contributed by atoms with Crippen molar-refractivity contribution in [3.05, 3.63) is 186 Å². The molecule has 0 aliphatic heterocycles. The van der Waals surface area contributed by atoms with Gasteiger partial charge in [0.2, 0.25) is 5.91 Å². The molecule has 2 aliphatic rings. The highest BCUT2D eigenvalue weighted by molar-refractivity contribution is 6.33. The van der Waals surface area contributed by atoms with Crippen LogP contribution in [0.15, 0.2) is 164 Å². The Morgan fingerprint density at radius 2 is 0.958 bits per heavy atom. The summed E-state index contributed by atoms with van der Waals surface area (Å²) >= 11 is 0. The molecular weight excluding hydrogens is 594 g/mol. The number of hydrogen-bond donors (Lipinski definition) is 2. The van der Waals surface area contributed by atoms with Crippen LogP contribution in [0.4, 0.5) is 5.69 Å². The van der Waals surface area contributed by atoms with E-state index in [2.05, 4.69) is 5.32 Å². The van der Waals surface area contributed by atoms with E-state index in [1.54, 1.807) is 0 Å². The van der Waals surface area contributed by atoms with E-state index in [1.807, 2.05) is 164 Å². The molecule has 0 radical (unpaired) electrons. The second-order valence-corrected chi connectivity index (χ2v) is 12.5. The molecule has 5 nitrogen and oxygen atoms in total. The number of benzene rings is 6. The van der Waals surface area contributed by atoms with E-state index in [1.165, 1.54) is 0 Å². The fourth-order valence-electron chi connectivity index (χ4n) is 8.51. The highest BCUT2D eigenvalue weighted by Crippen LogP contribution is 2.72. The van der Waals surface area contributed by atoms with E-state index < -0.39 is 34.5 Å². The van der Waals surface area contributed by atoms with Crippen molar-refractivity contribution in [3.63, 3.8) is 0 Å². The molecule has 8 rings (SSSR count). The van der Waals surface area contributed by atoms with Crippen LogP contribution in [0.5, 0.6) is 0 Å². The van der Waals surface area contributed by atoms with Crippen molar-refractivity contribution in [2.24, 2.45) is 11.8 Å². The minimum atomic E-state index is -1.68. The number of carbonyl (C=O) groups is 3. The van der Waals surface area contributed by atoms with E-state index in [-0.39, 0.29) is 5.78 Å². The van der Waals surface area contributed by atoms with Gasteiger partial charge in [0.15, 0.2) is 5.78 Å². The minimum Gasteiger partial charge on any atom is -0.481 e. The van der Waals surface area contributed by atoms with Crippen LogP contribution in [-0.2, 0) is 25.2 Å². The zero-order valence-corrected chi connectivity index (χ0v) is 25.9. The SMILES string of the molecule is O=C(O)C1C(C(=O)Nc2cccc3ccccc23)C2(c3ccccc3)C(=O)C1(c1ccccc1)C(c1ccccc1)=C2c1ccccc1. The molecule has 1 fully saturated rings. The first kappa shape index (κ1) is 29.3. The second-order valence-electron chi connectivity index (χ2n) is 12.5. The molecule has 0 heterocycles. The van der Waals surface area contributed by atoms with Crippen LogP contribution in [0.3, 0.4) is 0 Å². The zero-order valence-electron chi connectivity index (χ0n) is 25.9. The summed E-state index contributed by atoms with van der Waals surface area (Å²) in [5.41, 5.74) is 1.15. The smallest absolute Gasteiger partial charge is 0.309 e. The molecule has 4 atom stereocenters. The first-order valence-electron chi connectivity index (χ1n) is 16.0.